The molecule has 0 heterocycles. The molecule has 0 saturated heterocycles. The van der Waals surface area contributed by atoms with Crippen LogP contribution in [0.1, 0.15) is 12.0 Å². The molecule has 0 saturated carbocycles. The van der Waals surface area contributed by atoms with Crippen LogP contribution in [0.15, 0.2) is 47.4 Å². The topological polar surface area (TPSA) is 55.4 Å². The molecule has 7 heteroatoms. The van der Waals surface area contributed by atoms with Crippen molar-refractivity contribution in [2.45, 2.75) is 17.7 Å². The molecule has 23 heavy (non-hydrogen) atoms. The van der Waals surface area contributed by atoms with E-state index in [2.05, 4.69) is 4.72 Å². The first kappa shape index (κ1) is 18.1. The Kier molecular flexibility index (Phi) is 6.30. The van der Waals surface area contributed by atoms with Gasteiger partial charge in [-0.3, -0.25) is 0 Å². The minimum absolute atomic E-state index is 0.0326. The minimum Gasteiger partial charge on any atom is -0.495 e. The van der Waals surface area contributed by atoms with Gasteiger partial charge in [-0.25, -0.2) is 13.1 Å². The highest BCUT2D eigenvalue weighted by Crippen LogP contribution is 2.26. The molecule has 0 bridgehead atoms. The van der Waals surface area contributed by atoms with Crippen molar-refractivity contribution in [1.29, 1.82) is 0 Å². The molecule has 0 aliphatic rings. The largest absolute Gasteiger partial charge is 0.495 e. The lowest BCUT2D eigenvalue weighted by Crippen LogP contribution is -2.25. The molecule has 124 valence electrons. The van der Waals surface area contributed by atoms with Crippen molar-refractivity contribution in [1.82, 2.24) is 4.72 Å². The summed E-state index contributed by atoms with van der Waals surface area (Å²) in [5.41, 5.74) is 0.994. The summed E-state index contributed by atoms with van der Waals surface area (Å²) in [5, 5.41) is 1.02. The quantitative estimate of drug-likeness (QED) is 0.748. The summed E-state index contributed by atoms with van der Waals surface area (Å²) in [7, 11) is -2.27. The van der Waals surface area contributed by atoms with Crippen molar-refractivity contribution >= 4 is 33.2 Å². The molecule has 2 aromatic carbocycles. The molecule has 2 aromatic rings. The van der Waals surface area contributed by atoms with Crippen LogP contribution in [-0.4, -0.2) is 22.1 Å². The van der Waals surface area contributed by atoms with Gasteiger partial charge in [0.1, 0.15) is 10.6 Å². The van der Waals surface area contributed by atoms with E-state index >= 15 is 0 Å². The number of halogens is 2. The molecular weight excluding hydrogens is 357 g/mol. The molecule has 0 amide bonds. The molecule has 0 atom stereocenters. The lowest BCUT2D eigenvalue weighted by Gasteiger charge is -2.11. The Morgan fingerprint density at radius 2 is 1.87 bits per heavy atom. The first-order chi connectivity index (χ1) is 10.9. The third-order valence-corrected chi connectivity index (χ3v) is 5.37. The zero-order chi connectivity index (χ0) is 16.9. The van der Waals surface area contributed by atoms with E-state index in [9.17, 15) is 8.42 Å². The molecule has 2 rings (SSSR count). The van der Waals surface area contributed by atoms with Gasteiger partial charge in [-0.1, -0.05) is 41.4 Å². The van der Waals surface area contributed by atoms with Gasteiger partial charge in [-0.05, 0) is 42.7 Å². The lowest BCUT2D eigenvalue weighted by molar-refractivity contribution is 0.402. The van der Waals surface area contributed by atoms with Crippen molar-refractivity contribution in [2.24, 2.45) is 0 Å². The molecule has 0 spiro atoms. The monoisotopic (exact) mass is 373 g/mol. The number of sulfonamides is 1. The SMILES string of the molecule is COc1ccc(Cl)cc1S(=O)(=O)NCCCc1ccccc1Cl. The molecule has 0 radical (unpaired) electrons. The second-order valence-corrected chi connectivity index (χ2v) is 7.47. The number of nitrogens with one attached hydrogen (secondary N) is 1. The summed E-state index contributed by atoms with van der Waals surface area (Å²) < 4.78 is 32.4. The number of rotatable bonds is 7. The number of ether oxygens (including phenoxy) is 1. The number of methoxy groups -OCH3 is 1. The lowest BCUT2D eigenvalue weighted by atomic mass is 10.1. The fourth-order valence-corrected chi connectivity index (χ4v) is 3.86. The van der Waals surface area contributed by atoms with E-state index in [-0.39, 0.29) is 10.6 Å². The van der Waals surface area contributed by atoms with Crippen molar-refractivity contribution in [3.05, 3.63) is 58.1 Å². The highest BCUT2D eigenvalue weighted by atomic mass is 35.5. The number of aryl methyl sites for hydroxylation is 1. The third-order valence-electron chi connectivity index (χ3n) is 3.29. The van der Waals surface area contributed by atoms with Gasteiger partial charge < -0.3 is 4.74 Å². The van der Waals surface area contributed by atoms with E-state index in [0.29, 0.717) is 29.4 Å². The second kappa shape index (κ2) is 8.02. The Bertz CT molecular complexity index is 779. The van der Waals surface area contributed by atoms with Crippen LogP contribution < -0.4 is 9.46 Å². The Morgan fingerprint density at radius 3 is 2.57 bits per heavy atom. The second-order valence-electron chi connectivity index (χ2n) is 4.89. The maximum Gasteiger partial charge on any atom is 0.244 e. The van der Waals surface area contributed by atoms with Gasteiger partial charge >= 0.3 is 0 Å². The fourth-order valence-electron chi connectivity index (χ4n) is 2.12. The van der Waals surface area contributed by atoms with Crippen LogP contribution in [0.25, 0.3) is 0 Å². The van der Waals surface area contributed by atoms with Crippen LogP contribution in [0.3, 0.4) is 0 Å². The first-order valence-corrected chi connectivity index (χ1v) is 9.24. The Hall–Kier alpha value is -1.27. The average Bonchev–Trinajstić information content (AvgIpc) is 2.53. The molecule has 0 aliphatic carbocycles. The van der Waals surface area contributed by atoms with E-state index in [0.717, 1.165) is 5.56 Å². The van der Waals surface area contributed by atoms with Gasteiger partial charge in [0.25, 0.3) is 0 Å². The summed E-state index contributed by atoms with van der Waals surface area (Å²) in [6.07, 6.45) is 1.32. The molecule has 0 fully saturated rings. The van der Waals surface area contributed by atoms with E-state index in [1.807, 2.05) is 24.3 Å². The average molecular weight is 374 g/mol. The molecule has 4 nitrogen and oxygen atoms in total. The standard InChI is InChI=1S/C16H17Cl2NO3S/c1-22-15-9-8-13(17)11-16(15)23(20,21)19-10-4-6-12-5-2-3-7-14(12)18/h2-3,5,7-9,11,19H,4,6,10H2,1H3. The fraction of sp³-hybridized carbons (Fsp3) is 0.250. The number of benzene rings is 2. The van der Waals surface area contributed by atoms with Crippen LogP contribution in [0.4, 0.5) is 0 Å². The Balaban J connectivity index is 2.00. The molecule has 0 aromatic heterocycles. The van der Waals surface area contributed by atoms with Crippen LogP contribution in [0.2, 0.25) is 10.0 Å². The van der Waals surface area contributed by atoms with Crippen LogP contribution >= 0.6 is 23.2 Å². The summed E-state index contributed by atoms with van der Waals surface area (Å²) in [6, 6.07) is 12.0. The van der Waals surface area contributed by atoms with Gasteiger partial charge in [0.2, 0.25) is 10.0 Å². The van der Waals surface area contributed by atoms with Gasteiger partial charge in [-0.15, -0.1) is 0 Å². The van der Waals surface area contributed by atoms with Gasteiger partial charge in [0.15, 0.2) is 0 Å². The van der Waals surface area contributed by atoms with Crippen LogP contribution in [0, 0.1) is 0 Å². The smallest absolute Gasteiger partial charge is 0.244 e. The summed E-state index contributed by atoms with van der Waals surface area (Å²) in [4.78, 5) is 0.0326. The third kappa shape index (κ3) is 4.85. The van der Waals surface area contributed by atoms with E-state index in [1.165, 1.54) is 19.2 Å². The maximum atomic E-state index is 12.4. The predicted octanol–water partition coefficient (Wildman–Crippen LogP) is 3.91. The predicted molar refractivity (Wildman–Crippen MR) is 93.0 cm³/mol. The van der Waals surface area contributed by atoms with E-state index < -0.39 is 10.0 Å². The summed E-state index contributed by atoms with van der Waals surface area (Å²) >= 11 is 12.0. The van der Waals surface area contributed by atoms with E-state index in [1.54, 1.807) is 6.07 Å². The summed E-state index contributed by atoms with van der Waals surface area (Å²) in [5.74, 6) is 0.257. The summed E-state index contributed by atoms with van der Waals surface area (Å²) in [6.45, 7) is 0.295. The molecule has 0 unspecified atom stereocenters. The normalized spacial score (nSPS) is 11.4. The molecular formula is C16H17Cl2NO3S. The Labute approximate surface area is 146 Å². The van der Waals surface area contributed by atoms with Crippen molar-refractivity contribution in [3.63, 3.8) is 0 Å². The van der Waals surface area contributed by atoms with Crippen molar-refractivity contribution in [2.75, 3.05) is 13.7 Å². The highest BCUT2D eigenvalue weighted by Gasteiger charge is 2.19. The molecule has 0 aliphatic heterocycles. The highest BCUT2D eigenvalue weighted by molar-refractivity contribution is 7.89. The van der Waals surface area contributed by atoms with Gasteiger partial charge in [0, 0.05) is 16.6 Å². The zero-order valence-electron chi connectivity index (χ0n) is 12.6. The zero-order valence-corrected chi connectivity index (χ0v) is 14.9. The van der Waals surface area contributed by atoms with Crippen LogP contribution in [-0.2, 0) is 16.4 Å². The van der Waals surface area contributed by atoms with Gasteiger partial charge in [0.05, 0.1) is 7.11 Å². The Morgan fingerprint density at radius 1 is 1.13 bits per heavy atom. The van der Waals surface area contributed by atoms with Crippen molar-refractivity contribution < 1.29 is 13.2 Å². The number of hydrogen-bond acceptors (Lipinski definition) is 3. The maximum absolute atomic E-state index is 12.4. The van der Waals surface area contributed by atoms with Crippen molar-refractivity contribution in [3.8, 4) is 5.75 Å². The molecule has 1 N–H and O–H groups in total. The van der Waals surface area contributed by atoms with Gasteiger partial charge in [-0.2, -0.15) is 0 Å². The van der Waals surface area contributed by atoms with Crippen LogP contribution in [0.5, 0.6) is 5.75 Å². The first-order valence-electron chi connectivity index (χ1n) is 7.00. The van der Waals surface area contributed by atoms with E-state index in [4.69, 9.17) is 27.9 Å². The minimum atomic E-state index is -3.68. The number of hydrogen-bond donors (Lipinski definition) is 1.